The molecule has 1 amide bonds. The fraction of sp³-hybridized carbons (Fsp3) is 0.276. The number of benzene rings is 3. The fourth-order valence-electron chi connectivity index (χ4n) is 4.55. The van der Waals surface area contributed by atoms with Crippen molar-refractivity contribution in [2.75, 3.05) is 19.7 Å². The van der Waals surface area contributed by atoms with Gasteiger partial charge in [0.15, 0.2) is 6.61 Å². The lowest BCUT2D eigenvalue weighted by Crippen LogP contribution is -2.45. The lowest BCUT2D eigenvalue weighted by atomic mass is 10.0. The van der Waals surface area contributed by atoms with Crippen LogP contribution < -0.4 is 5.32 Å². The molecule has 7 heteroatoms. The maximum absolute atomic E-state index is 12.6. The molecule has 0 spiro atoms. The van der Waals surface area contributed by atoms with Gasteiger partial charge in [-0.2, -0.15) is 0 Å². The molecule has 4 aromatic rings. The number of aryl methyl sites for hydroxylation is 1. The zero-order valence-electron chi connectivity index (χ0n) is 20.4. The lowest BCUT2D eigenvalue weighted by Gasteiger charge is -2.32. The standard InChI is InChI=1S/C29H30N4O3/c1-20-7-9-22(10-8-20)28-31-25-12-11-23(17-26(25)32-28)29(35)36-19-27(34)30-24-13-15-33(16-14-24)18-21-5-3-2-4-6-21/h2-12,17,24H,13-16,18-19H2,1H3,(H,30,34)(H,31,32). The van der Waals surface area contributed by atoms with Gasteiger partial charge in [-0.15, -0.1) is 0 Å². The average molecular weight is 483 g/mol. The molecule has 1 fully saturated rings. The quantitative estimate of drug-likeness (QED) is 0.380. The first-order valence-corrected chi connectivity index (χ1v) is 12.3. The minimum atomic E-state index is -0.531. The number of rotatable bonds is 7. The largest absolute Gasteiger partial charge is 0.452 e. The highest BCUT2D eigenvalue weighted by Crippen LogP contribution is 2.22. The predicted molar refractivity (Wildman–Crippen MR) is 139 cm³/mol. The molecule has 1 aliphatic heterocycles. The van der Waals surface area contributed by atoms with Gasteiger partial charge in [0.25, 0.3) is 5.91 Å². The van der Waals surface area contributed by atoms with Crippen LogP contribution in [0.4, 0.5) is 0 Å². The number of carbonyl (C=O) groups is 2. The van der Waals surface area contributed by atoms with Gasteiger partial charge in [-0.25, -0.2) is 9.78 Å². The molecule has 0 aliphatic carbocycles. The van der Waals surface area contributed by atoms with Crippen LogP contribution in [0.25, 0.3) is 22.4 Å². The van der Waals surface area contributed by atoms with Crippen molar-refractivity contribution < 1.29 is 14.3 Å². The van der Waals surface area contributed by atoms with Gasteiger partial charge in [0.2, 0.25) is 0 Å². The van der Waals surface area contributed by atoms with E-state index in [0.29, 0.717) is 5.56 Å². The second-order valence-corrected chi connectivity index (χ2v) is 9.36. The minimum absolute atomic E-state index is 0.102. The second kappa shape index (κ2) is 10.7. The number of H-pyrrole nitrogens is 1. The molecule has 0 saturated carbocycles. The highest BCUT2D eigenvalue weighted by molar-refractivity contribution is 5.95. The van der Waals surface area contributed by atoms with Gasteiger partial charge in [-0.1, -0.05) is 60.2 Å². The number of ether oxygens (including phenoxy) is 1. The zero-order chi connectivity index (χ0) is 24.9. The van der Waals surface area contributed by atoms with Gasteiger partial charge in [0, 0.05) is 31.2 Å². The van der Waals surface area contributed by atoms with Crippen LogP contribution in [0.5, 0.6) is 0 Å². The van der Waals surface area contributed by atoms with E-state index >= 15 is 0 Å². The van der Waals surface area contributed by atoms with Crippen molar-refractivity contribution in [1.82, 2.24) is 20.2 Å². The number of hydrogen-bond acceptors (Lipinski definition) is 5. The number of aromatic amines is 1. The lowest BCUT2D eigenvalue weighted by molar-refractivity contribution is -0.125. The number of carbonyl (C=O) groups excluding carboxylic acids is 2. The van der Waals surface area contributed by atoms with Crippen molar-refractivity contribution in [2.45, 2.75) is 32.4 Å². The Bertz CT molecular complexity index is 1340. The molecular weight excluding hydrogens is 452 g/mol. The van der Waals surface area contributed by atoms with Crippen LogP contribution in [0.1, 0.15) is 34.3 Å². The van der Waals surface area contributed by atoms with Gasteiger partial charge in [-0.3, -0.25) is 9.69 Å². The molecule has 0 bridgehead atoms. The Kier molecular flexibility index (Phi) is 7.09. The Balaban J connectivity index is 1.10. The monoisotopic (exact) mass is 482 g/mol. The zero-order valence-corrected chi connectivity index (χ0v) is 20.4. The second-order valence-electron chi connectivity index (χ2n) is 9.36. The summed E-state index contributed by atoms with van der Waals surface area (Å²) in [5, 5.41) is 3.01. The van der Waals surface area contributed by atoms with Crippen LogP contribution in [0.15, 0.2) is 72.8 Å². The van der Waals surface area contributed by atoms with E-state index in [1.807, 2.05) is 37.3 Å². The maximum Gasteiger partial charge on any atom is 0.338 e. The summed E-state index contributed by atoms with van der Waals surface area (Å²) >= 11 is 0. The number of fused-ring (bicyclic) bond motifs is 1. The molecule has 2 heterocycles. The molecule has 7 nitrogen and oxygen atoms in total. The Morgan fingerprint density at radius 1 is 1.03 bits per heavy atom. The van der Waals surface area contributed by atoms with E-state index in [1.165, 1.54) is 11.1 Å². The summed E-state index contributed by atoms with van der Waals surface area (Å²) in [5.41, 5.74) is 5.33. The molecule has 3 aromatic carbocycles. The molecule has 0 atom stereocenters. The first-order chi connectivity index (χ1) is 17.5. The van der Waals surface area contributed by atoms with Crippen LogP contribution >= 0.6 is 0 Å². The van der Waals surface area contributed by atoms with Crippen LogP contribution in [0.2, 0.25) is 0 Å². The first kappa shape index (κ1) is 23.8. The molecule has 1 aromatic heterocycles. The molecule has 2 N–H and O–H groups in total. The third-order valence-corrected chi connectivity index (χ3v) is 6.58. The number of likely N-dealkylation sites (tertiary alicyclic amines) is 1. The number of imidazole rings is 1. The maximum atomic E-state index is 12.6. The van der Waals surface area contributed by atoms with Crippen molar-refractivity contribution >= 4 is 22.9 Å². The highest BCUT2D eigenvalue weighted by atomic mass is 16.5. The summed E-state index contributed by atoms with van der Waals surface area (Å²) in [6.45, 7) is 4.52. The summed E-state index contributed by atoms with van der Waals surface area (Å²) in [6, 6.07) is 23.7. The van der Waals surface area contributed by atoms with Crippen molar-refractivity contribution in [3.05, 3.63) is 89.5 Å². The number of nitrogens with zero attached hydrogens (tertiary/aromatic N) is 2. The molecule has 184 valence electrons. The van der Waals surface area contributed by atoms with E-state index in [2.05, 4.69) is 44.5 Å². The molecule has 0 unspecified atom stereocenters. The van der Waals surface area contributed by atoms with Gasteiger partial charge in [0.1, 0.15) is 5.82 Å². The topological polar surface area (TPSA) is 87.3 Å². The summed E-state index contributed by atoms with van der Waals surface area (Å²) in [6.07, 6.45) is 1.76. The van der Waals surface area contributed by atoms with Crippen molar-refractivity contribution in [3.63, 3.8) is 0 Å². The van der Waals surface area contributed by atoms with Crippen molar-refractivity contribution in [2.24, 2.45) is 0 Å². The summed E-state index contributed by atoms with van der Waals surface area (Å²) in [7, 11) is 0. The Morgan fingerprint density at radius 2 is 1.78 bits per heavy atom. The number of esters is 1. The van der Waals surface area contributed by atoms with Crippen LogP contribution in [0, 0.1) is 6.92 Å². The number of amides is 1. The van der Waals surface area contributed by atoms with Gasteiger partial charge >= 0.3 is 5.97 Å². The number of aromatic nitrogens is 2. The smallest absolute Gasteiger partial charge is 0.338 e. The first-order valence-electron chi connectivity index (χ1n) is 12.3. The summed E-state index contributed by atoms with van der Waals surface area (Å²) < 4.78 is 5.29. The van der Waals surface area contributed by atoms with Gasteiger partial charge in [0.05, 0.1) is 16.6 Å². The van der Waals surface area contributed by atoms with Gasteiger partial charge < -0.3 is 15.0 Å². The molecule has 5 rings (SSSR count). The molecule has 1 aliphatic rings. The Morgan fingerprint density at radius 3 is 2.53 bits per heavy atom. The fourth-order valence-corrected chi connectivity index (χ4v) is 4.55. The van der Waals surface area contributed by atoms with E-state index in [0.717, 1.165) is 54.9 Å². The SMILES string of the molecule is Cc1ccc(-c2nc3ccc(C(=O)OCC(=O)NC4CCN(Cc5ccccc5)CC4)cc3[nH]2)cc1. The average Bonchev–Trinajstić information content (AvgIpc) is 3.33. The molecule has 0 radical (unpaired) electrons. The van der Waals surface area contributed by atoms with E-state index in [4.69, 9.17) is 4.74 Å². The van der Waals surface area contributed by atoms with Crippen LogP contribution in [-0.4, -0.2) is 52.5 Å². The van der Waals surface area contributed by atoms with Gasteiger partial charge in [-0.05, 0) is 43.5 Å². The summed E-state index contributed by atoms with van der Waals surface area (Å²) in [4.78, 5) is 35.2. The Labute approximate surface area is 210 Å². The van der Waals surface area contributed by atoms with E-state index in [1.54, 1.807) is 18.2 Å². The Hall–Kier alpha value is -3.97. The van der Waals surface area contributed by atoms with E-state index in [-0.39, 0.29) is 18.6 Å². The summed E-state index contributed by atoms with van der Waals surface area (Å²) in [5.74, 6) is -0.0601. The molecular formula is C29H30N4O3. The van der Waals surface area contributed by atoms with Crippen LogP contribution in [0.3, 0.4) is 0 Å². The van der Waals surface area contributed by atoms with E-state index < -0.39 is 5.97 Å². The normalized spacial score (nSPS) is 14.6. The van der Waals surface area contributed by atoms with Crippen molar-refractivity contribution in [1.29, 1.82) is 0 Å². The predicted octanol–water partition coefficient (Wildman–Crippen LogP) is 4.48. The highest BCUT2D eigenvalue weighted by Gasteiger charge is 2.21. The number of nitrogens with one attached hydrogen (secondary N) is 2. The van der Waals surface area contributed by atoms with Crippen molar-refractivity contribution in [3.8, 4) is 11.4 Å². The number of piperidine rings is 1. The number of hydrogen-bond donors (Lipinski definition) is 2. The molecule has 36 heavy (non-hydrogen) atoms. The third-order valence-electron chi connectivity index (χ3n) is 6.58. The minimum Gasteiger partial charge on any atom is -0.452 e. The van der Waals surface area contributed by atoms with E-state index in [9.17, 15) is 9.59 Å². The molecule has 1 saturated heterocycles. The third kappa shape index (κ3) is 5.80. The van der Waals surface area contributed by atoms with Crippen LogP contribution in [-0.2, 0) is 16.1 Å².